The Kier molecular flexibility index (Phi) is 5.86. The number of hydrogen-bond donors (Lipinski definition) is 1. The van der Waals surface area contributed by atoms with Gasteiger partial charge in [-0.15, -0.1) is 0 Å². The summed E-state index contributed by atoms with van der Waals surface area (Å²) in [5, 5.41) is 5.60. The molecule has 1 aliphatic rings. The van der Waals surface area contributed by atoms with E-state index in [0.29, 0.717) is 6.04 Å². The molecular formula is C24H30N4S. The summed E-state index contributed by atoms with van der Waals surface area (Å²) in [6.45, 7) is 5.44. The second-order valence-electron chi connectivity index (χ2n) is 8.29. The van der Waals surface area contributed by atoms with Gasteiger partial charge in [0, 0.05) is 54.3 Å². The molecule has 5 heteroatoms. The molecule has 0 aliphatic heterocycles. The van der Waals surface area contributed by atoms with Crippen LogP contribution < -0.4 is 5.32 Å². The number of nitrogens with one attached hydrogen (secondary N) is 1. The molecule has 4 rings (SSSR count). The van der Waals surface area contributed by atoms with Crippen molar-refractivity contribution >= 4 is 33.9 Å². The van der Waals surface area contributed by atoms with E-state index in [4.69, 9.17) is 12.2 Å². The van der Waals surface area contributed by atoms with Crippen molar-refractivity contribution in [1.29, 1.82) is 0 Å². The molecule has 1 aromatic carbocycles. The molecule has 0 spiro atoms. The van der Waals surface area contributed by atoms with Crippen LogP contribution in [0.15, 0.2) is 42.7 Å². The van der Waals surface area contributed by atoms with E-state index in [-0.39, 0.29) is 0 Å². The highest BCUT2D eigenvalue weighted by Gasteiger charge is 2.21. The van der Waals surface area contributed by atoms with Crippen molar-refractivity contribution in [3.05, 3.63) is 59.5 Å². The van der Waals surface area contributed by atoms with Gasteiger partial charge >= 0.3 is 0 Å². The lowest BCUT2D eigenvalue weighted by Crippen LogP contribution is -2.32. The molecule has 2 aromatic heterocycles. The minimum Gasteiger partial charge on any atom is -0.352 e. The number of nitrogens with zero attached hydrogens (tertiary/aromatic N) is 3. The molecule has 1 N–H and O–H groups in total. The normalized spacial score (nSPS) is 13.5. The zero-order chi connectivity index (χ0) is 20.4. The van der Waals surface area contributed by atoms with Crippen molar-refractivity contribution in [1.82, 2.24) is 14.5 Å². The van der Waals surface area contributed by atoms with Crippen LogP contribution in [0.5, 0.6) is 0 Å². The second-order valence-corrected chi connectivity index (χ2v) is 8.67. The molecule has 29 heavy (non-hydrogen) atoms. The summed E-state index contributed by atoms with van der Waals surface area (Å²) in [6, 6.07) is 11.3. The number of aromatic nitrogens is 2. The summed E-state index contributed by atoms with van der Waals surface area (Å²) in [5.74, 6) is 0. The van der Waals surface area contributed by atoms with E-state index >= 15 is 0 Å². The predicted molar refractivity (Wildman–Crippen MR) is 126 cm³/mol. The minimum atomic E-state index is 0.485. The Balaban J connectivity index is 1.51. The number of fused-ring (bicyclic) bond motifs is 3. The Morgan fingerprint density at radius 2 is 1.93 bits per heavy atom. The summed E-state index contributed by atoms with van der Waals surface area (Å²) in [5.41, 5.74) is 6.79. The molecule has 2 heterocycles. The summed E-state index contributed by atoms with van der Waals surface area (Å²) < 4.78 is 2.53. The fourth-order valence-electron chi connectivity index (χ4n) is 4.41. The van der Waals surface area contributed by atoms with E-state index in [1.54, 1.807) is 5.56 Å². The predicted octanol–water partition coefficient (Wildman–Crippen LogP) is 5.37. The fraction of sp³-hybridized carbons (Fsp3) is 0.417. The van der Waals surface area contributed by atoms with Crippen molar-refractivity contribution < 1.29 is 0 Å². The Labute approximate surface area is 178 Å². The highest BCUT2D eigenvalue weighted by molar-refractivity contribution is 7.80. The molecule has 0 amide bonds. The molecule has 0 atom stereocenters. The Morgan fingerprint density at radius 3 is 2.69 bits per heavy atom. The average molecular weight is 407 g/mol. The van der Waals surface area contributed by atoms with Crippen molar-refractivity contribution in [2.24, 2.45) is 0 Å². The van der Waals surface area contributed by atoms with Crippen LogP contribution in [0.3, 0.4) is 0 Å². The molecule has 0 saturated heterocycles. The fourth-order valence-corrected chi connectivity index (χ4v) is 4.62. The Morgan fingerprint density at radius 1 is 1.17 bits per heavy atom. The lowest BCUT2D eigenvalue weighted by Gasteiger charge is -2.21. The minimum absolute atomic E-state index is 0.485. The third-order valence-corrected chi connectivity index (χ3v) is 6.32. The van der Waals surface area contributed by atoms with Gasteiger partial charge in [0.15, 0.2) is 5.11 Å². The number of likely N-dealkylation sites (N-methyl/N-ethyl adjacent to an activating group) is 1. The monoisotopic (exact) mass is 406 g/mol. The summed E-state index contributed by atoms with van der Waals surface area (Å²) in [4.78, 5) is 6.18. The maximum atomic E-state index is 5.66. The van der Waals surface area contributed by atoms with Gasteiger partial charge in [0.1, 0.15) is 0 Å². The van der Waals surface area contributed by atoms with Crippen molar-refractivity contribution in [3.63, 3.8) is 0 Å². The molecule has 0 saturated carbocycles. The number of rotatable bonds is 5. The largest absolute Gasteiger partial charge is 0.352 e. The van der Waals surface area contributed by atoms with Gasteiger partial charge in [0.25, 0.3) is 0 Å². The van der Waals surface area contributed by atoms with Crippen LogP contribution >= 0.6 is 12.2 Å². The van der Waals surface area contributed by atoms with E-state index in [1.807, 2.05) is 19.4 Å². The molecule has 0 fully saturated rings. The van der Waals surface area contributed by atoms with Crippen molar-refractivity contribution in [3.8, 4) is 0 Å². The number of benzene rings is 1. The van der Waals surface area contributed by atoms with E-state index in [9.17, 15) is 0 Å². The molecule has 3 aromatic rings. The van der Waals surface area contributed by atoms with Crippen LogP contribution in [0, 0.1) is 0 Å². The SMILES string of the molecule is CC(C)n1c2c(c3cc(NC(=S)N(C)CCc4ccncc4)ccc31)CCCC2. The van der Waals surface area contributed by atoms with Gasteiger partial charge in [-0.05, 0) is 99.6 Å². The number of pyridine rings is 1. The Hall–Kier alpha value is -2.40. The van der Waals surface area contributed by atoms with Crippen molar-refractivity contribution in [2.45, 2.75) is 52.0 Å². The van der Waals surface area contributed by atoms with E-state index < -0.39 is 0 Å². The quantitative estimate of drug-likeness (QED) is 0.578. The first-order valence-corrected chi connectivity index (χ1v) is 11.0. The number of hydrogen-bond acceptors (Lipinski definition) is 2. The number of anilines is 1. The molecule has 0 radical (unpaired) electrons. The lowest BCUT2D eigenvalue weighted by atomic mass is 9.95. The first kappa shape index (κ1) is 19.9. The number of thiocarbonyl (C=S) groups is 1. The third kappa shape index (κ3) is 4.15. The highest BCUT2D eigenvalue weighted by atomic mass is 32.1. The second kappa shape index (κ2) is 8.54. The lowest BCUT2D eigenvalue weighted by molar-refractivity contribution is 0.516. The molecule has 1 aliphatic carbocycles. The topological polar surface area (TPSA) is 33.1 Å². The van der Waals surface area contributed by atoms with Crippen LogP contribution in [0.25, 0.3) is 10.9 Å². The zero-order valence-electron chi connectivity index (χ0n) is 17.6. The van der Waals surface area contributed by atoms with Crippen LogP contribution in [0.2, 0.25) is 0 Å². The number of aryl methyl sites for hydroxylation is 1. The standard InChI is InChI=1S/C24H30N4S/c1-17(2)28-22-7-5-4-6-20(22)21-16-19(8-9-23(21)28)26-24(29)27(3)15-12-18-10-13-25-14-11-18/h8-11,13-14,16-17H,4-7,12,15H2,1-3H3,(H,26,29). The maximum Gasteiger partial charge on any atom is 0.173 e. The van der Waals surface area contributed by atoms with E-state index in [2.05, 4.69) is 63.9 Å². The third-order valence-electron chi connectivity index (χ3n) is 5.91. The van der Waals surface area contributed by atoms with Crippen LogP contribution in [-0.4, -0.2) is 33.2 Å². The molecule has 0 unspecified atom stereocenters. The molecular weight excluding hydrogens is 376 g/mol. The first-order valence-electron chi connectivity index (χ1n) is 10.6. The first-order chi connectivity index (χ1) is 14.0. The van der Waals surface area contributed by atoms with Gasteiger partial charge in [0.2, 0.25) is 0 Å². The van der Waals surface area contributed by atoms with Crippen LogP contribution in [0.1, 0.15) is 49.6 Å². The van der Waals surface area contributed by atoms with Crippen molar-refractivity contribution in [2.75, 3.05) is 18.9 Å². The van der Waals surface area contributed by atoms with Gasteiger partial charge in [-0.3, -0.25) is 4.98 Å². The highest BCUT2D eigenvalue weighted by Crippen LogP contribution is 2.35. The summed E-state index contributed by atoms with van der Waals surface area (Å²) >= 11 is 5.66. The average Bonchev–Trinajstić information content (AvgIpc) is 3.07. The maximum absolute atomic E-state index is 5.66. The van der Waals surface area contributed by atoms with E-state index in [1.165, 1.54) is 47.8 Å². The van der Waals surface area contributed by atoms with Gasteiger partial charge in [-0.1, -0.05) is 0 Å². The summed E-state index contributed by atoms with van der Waals surface area (Å²) in [7, 11) is 2.05. The summed E-state index contributed by atoms with van der Waals surface area (Å²) in [6.07, 6.45) is 9.60. The van der Waals surface area contributed by atoms with Gasteiger partial charge in [-0.2, -0.15) is 0 Å². The zero-order valence-corrected chi connectivity index (χ0v) is 18.4. The van der Waals surface area contributed by atoms with Gasteiger partial charge in [-0.25, -0.2) is 0 Å². The smallest absolute Gasteiger partial charge is 0.173 e. The molecule has 0 bridgehead atoms. The van der Waals surface area contributed by atoms with Gasteiger partial charge < -0.3 is 14.8 Å². The van der Waals surface area contributed by atoms with Gasteiger partial charge in [0.05, 0.1) is 0 Å². The van der Waals surface area contributed by atoms with E-state index in [0.717, 1.165) is 23.8 Å². The van der Waals surface area contributed by atoms with Crippen LogP contribution in [-0.2, 0) is 19.3 Å². The molecule has 4 nitrogen and oxygen atoms in total. The Bertz CT molecular complexity index is 1010. The van der Waals surface area contributed by atoms with Crippen LogP contribution in [0.4, 0.5) is 5.69 Å². The molecule has 152 valence electrons.